The summed E-state index contributed by atoms with van der Waals surface area (Å²) in [5.74, 6) is 0.247. The molecule has 3 heteroatoms. The molecule has 47 heavy (non-hydrogen) atoms. The van der Waals surface area contributed by atoms with Crippen LogP contribution in [0.25, 0.3) is 60.2 Å². The van der Waals surface area contributed by atoms with E-state index in [-0.39, 0.29) is 5.75 Å². The maximum absolute atomic E-state index is 10.1. The molecule has 0 atom stereocenters. The number of aromatic hydroxyl groups is 1. The van der Waals surface area contributed by atoms with Gasteiger partial charge in [0.05, 0.1) is 16.7 Å². The summed E-state index contributed by atoms with van der Waals surface area (Å²) in [4.78, 5) is 2.29. The Kier molecular flexibility index (Phi) is 6.29. The van der Waals surface area contributed by atoms with Crippen molar-refractivity contribution < 1.29 is 5.11 Å². The molecule has 0 fully saturated rings. The van der Waals surface area contributed by atoms with E-state index < -0.39 is 0 Å². The zero-order valence-electron chi connectivity index (χ0n) is 25.6. The van der Waals surface area contributed by atoms with E-state index in [1.165, 1.54) is 48.9 Å². The van der Waals surface area contributed by atoms with Gasteiger partial charge in [-0.2, -0.15) is 0 Å². The van der Waals surface area contributed by atoms with Gasteiger partial charge < -0.3 is 14.6 Å². The summed E-state index contributed by atoms with van der Waals surface area (Å²) in [7, 11) is 0. The first kappa shape index (κ1) is 27.0. The van der Waals surface area contributed by atoms with Crippen LogP contribution in [0.3, 0.4) is 0 Å². The van der Waals surface area contributed by atoms with Crippen LogP contribution < -0.4 is 4.90 Å². The molecular weight excluding hydrogens is 572 g/mol. The number of benzene rings is 8. The number of anilines is 3. The number of hydrogen-bond donors (Lipinski definition) is 1. The van der Waals surface area contributed by atoms with Gasteiger partial charge in [0.1, 0.15) is 5.75 Å². The minimum Gasteiger partial charge on any atom is -0.508 e. The Bertz CT molecular complexity index is 2570. The molecule has 0 aliphatic carbocycles. The molecule has 9 aromatic rings. The first-order valence-electron chi connectivity index (χ1n) is 15.9. The van der Waals surface area contributed by atoms with Crippen LogP contribution in [-0.2, 0) is 0 Å². The molecule has 0 aliphatic rings. The van der Waals surface area contributed by atoms with Crippen molar-refractivity contribution in [3.05, 3.63) is 176 Å². The molecule has 0 spiro atoms. The Morgan fingerprint density at radius 1 is 0.404 bits per heavy atom. The maximum Gasteiger partial charge on any atom is 0.115 e. The molecule has 0 saturated heterocycles. The summed E-state index contributed by atoms with van der Waals surface area (Å²) in [5, 5.41) is 17.4. The number of fused-ring (bicyclic) bond motifs is 6. The van der Waals surface area contributed by atoms with E-state index in [9.17, 15) is 5.11 Å². The second-order valence-corrected chi connectivity index (χ2v) is 12.0. The van der Waals surface area contributed by atoms with Crippen molar-refractivity contribution >= 4 is 60.4 Å². The quantitative estimate of drug-likeness (QED) is 0.199. The van der Waals surface area contributed by atoms with Gasteiger partial charge in [-0.1, -0.05) is 103 Å². The van der Waals surface area contributed by atoms with Crippen molar-refractivity contribution in [2.45, 2.75) is 0 Å². The summed E-state index contributed by atoms with van der Waals surface area (Å²) in [6, 6.07) is 61.7. The standard InChI is InChI=1S/C44H30N2O/c47-36-25-23-35(24-26-36)45(44-29-32-10-4-5-13-37(32)38-14-6-7-15-39(38)44)34-21-18-30(19-22-34)31-20-27-43-41(28-31)40-16-8-9-17-42(40)46(43)33-11-2-1-3-12-33/h1-29,47H. The molecule has 0 bridgehead atoms. The van der Waals surface area contributed by atoms with Gasteiger partial charge >= 0.3 is 0 Å². The highest BCUT2D eigenvalue weighted by Crippen LogP contribution is 2.43. The SMILES string of the molecule is Oc1ccc(N(c2ccc(-c3ccc4c(c3)c3ccccc3n4-c3ccccc3)cc2)c2cc3ccccc3c3ccccc23)cc1. The molecule has 0 amide bonds. The number of hydrogen-bond acceptors (Lipinski definition) is 2. The van der Waals surface area contributed by atoms with Gasteiger partial charge in [-0.05, 0) is 100 Å². The smallest absolute Gasteiger partial charge is 0.115 e. The lowest BCUT2D eigenvalue weighted by atomic mass is 9.98. The molecule has 0 unspecified atom stereocenters. The number of aromatic nitrogens is 1. The topological polar surface area (TPSA) is 28.4 Å². The molecular formula is C44H30N2O. The highest BCUT2D eigenvalue weighted by Gasteiger charge is 2.18. The van der Waals surface area contributed by atoms with Crippen molar-refractivity contribution in [2.24, 2.45) is 0 Å². The zero-order chi connectivity index (χ0) is 31.3. The van der Waals surface area contributed by atoms with Crippen LogP contribution in [0.5, 0.6) is 5.75 Å². The van der Waals surface area contributed by atoms with Crippen molar-refractivity contribution in [1.82, 2.24) is 4.57 Å². The van der Waals surface area contributed by atoms with E-state index in [1.807, 2.05) is 12.1 Å². The Balaban J connectivity index is 1.19. The summed E-state index contributed by atoms with van der Waals surface area (Å²) in [5.41, 5.74) is 8.99. The lowest BCUT2D eigenvalue weighted by molar-refractivity contribution is 0.475. The van der Waals surface area contributed by atoms with E-state index in [2.05, 4.69) is 161 Å². The Morgan fingerprint density at radius 3 is 1.74 bits per heavy atom. The highest BCUT2D eigenvalue weighted by atomic mass is 16.3. The zero-order valence-corrected chi connectivity index (χ0v) is 25.6. The van der Waals surface area contributed by atoms with Gasteiger partial charge in [-0.15, -0.1) is 0 Å². The van der Waals surface area contributed by atoms with Crippen LogP contribution in [0.1, 0.15) is 0 Å². The molecule has 3 nitrogen and oxygen atoms in total. The molecule has 8 aromatic carbocycles. The Labute approximate surface area is 272 Å². The monoisotopic (exact) mass is 602 g/mol. The van der Waals surface area contributed by atoms with Crippen LogP contribution in [0.15, 0.2) is 176 Å². The third-order valence-electron chi connectivity index (χ3n) is 9.24. The second kappa shape index (κ2) is 10.9. The summed E-state index contributed by atoms with van der Waals surface area (Å²) in [6.07, 6.45) is 0. The largest absolute Gasteiger partial charge is 0.508 e. The Hall–Kier alpha value is -6.32. The minimum absolute atomic E-state index is 0.247. The molecule has 1 N–H and O–H groups in total. The molecule has 1 aromatic heterocycles. The fraction of sp³-hybridized carbons (Fsp3) is 0. The van der Waals surface area contributed by atoms with Crippen LogP contribution in [0.2, 0.25) is 0 Å². The normalized spacial score (nSPS) is 11.5. The predicted octanol–water partition coefficient (Wildman–Crippen LogP) is 11.9. The minimum atomic E-state index is 0.247. The average Bonchev–Trinajstić information content (AvgIpc) is 3.47. The van der Waals surface area contributed by atoms with Crippen molar-refractivity contribution in [2.75, 3.05) is 4.90 Å². The molecule has 9 rings (SSSR count). The fourth-order valence-corrected chi connectivity index (χ4v) is 7.06. The van der Waals surface area contributed by atoms with Gasteiger partial charge in [0, 0.05) is 33.2 Å². The summed E-state index contributed by atoms with van der Waals surface area (Å²) >= 11 is 0. The second-order valence-electron chi connectivity index (χ2n) is 12.0. The van der Waals surface area contributed by atoms with Gasteiger partial charge in [0.15, 0.2) is 0 Å². The van der Waals surface area contributed by atoms with Gasteiger partial charge in [0.2, 0.25) is 0 Å². The highest BCUT2D eigenvalue weighted by molar-refractivity contribution is 6.15. The number of rotatable bonds is 5. The predicted molar refractivity (Wildman–Crippen MR) is 198 cm³/mol. The van der Waals surface area contributed by atoms with E-state index in [4.69, 9.17) is 0 Å². The van der Waals surface area contributed by atoms with Crippen LogP contribution in [0.4, 0.5) is 17.1 Å². The van der Waals surface area contributed by atoms with Gasteiger partial charge in [-0.25, -0.2) is 0 Å². The van der Waals surface area contributed by atoms with E-state index >= 15 is 0 Å². The van der Waals surface area contributed by atoms with Crippen LogP contribution in [0, 0.1) is 0 Å². The van der Waals surface area contributed by atoms with E-state index in [0.29, 0.717) is 0 Å². The van der Waals surface area contributed by atoms with Crippen molar-refractivity contribution in [1.29, 1.82) is 0 Å². The number of para-hydroxylation sites is 2. The molecule has 0 radical (unpaired) electrons. The molecule has 0 aliphatic heterocycles. The summed E-state index contributed by atoms with van der Waals surface area (Å²) in [6.45, 7) is 0. The molecule has 0 saturated carbocycles. The third-order valence-corrected chi connectivity index (χ3v) is 9.24. The number of nitrogens with zero attached hydrogens (tertiary/aromatic N) is 2. The average molecular weight is 603 g/mol. The van der Waals surface area contributed by atoms with Crippen LogP contribution >= 0.6 is 0 Å². The van der Waals surface area contributed by atoms with Gasteiger partial charge in [-0.3, -0.25) is 0 Å². The van der Waals surface area contributed by atoms with Crippen LogP contribution in [-0.4, -0.2) is 9.67 Å². The lowest BCUT2D eigenvalue weighted by Crippen LogP contribution is -2.10. The number of phenolic OH excluding ortho intramolecular Hbond substituents is 1. The van der Waals surface area contributed by atoms with Crippen molar-refractivity contribution in [3.63, 3.8) is 0 Å². The van der Waals surface area contributed by atoms with Crippen molar-refractivity contribution in [3.8, 4) is 22.6 Å². The first-order chi connectivity index (χ1) is 23.2. The summed E-state index contributed by atoms with van der Waals surface area (Å²) < 4.78 is 2.35. The fourth-order valence-electron chi connectivity index (χ4n) is 7.06. The molecule has 1 heterocycles. The molecule has 222 valence electrons. The Morgan fingerprint density at radius 2 is 0.979 bits per heavy atom. The number of phenols is 1. The first-order valence-corrected chi connectivity index (χ1v) is 15.9. The maximum atomic E-state index is 10.1. The van der Waals surface area contributed by atoms with E-state index in [1.54, 1.807) is 12.1 Å². The third kappa shape index (κ3) is 4.52. The lowest BCUT2D eigenvalue weighted by Gasteiger charge is -2.27. The van der Waals surface area contributed by atoms with Gasteiger partial charge in [0.25, 0.3) is 0 Å². The van der Waals surface area contributed by atoms with E-state index in [0.717, 1.165) is 28.3 Å².